The number of carbonyl (C=O) groups is 6. The predicted octanol–water partition coefficient (Wildman–Crippen LogP) is 0.0854. The van der Waals surface area contributed by atoms with E-state index in [1.807, 2.05) is 0 Å². The van der Waals surface area contributed by atoms with Crippen molar-refractivity contribution >= 4 is 35.8 Å². The smallest absolute Gasteiger partial charge is 0.303 e. The van der Waals surface area contributed by atoms with E-state index in [0.717, 1.165) is 41.5 Å². The zero-order chi connectivity index (χ0) is 24.6. The minimum atomic E-state index is -1.40. The summed E-state index contributed by atoms with van der Waals surface area (Å²) in [6.45, 7) is 5.97. The van der Waals surface area contributed by atoms with Crippen LogP contribution in [-0.2, 0) is 57.2 Å². The normalized spacial score (nSPS) is 26.8. The average Bonchev–Trinajstić information content (AvgIpc) is 2.62. The second-order valence-corrected chi connectivity index (χ2v) is 7.23. The molecule has 1 rings (SSSR count). The fourth-order valence-electron chi connectivity index (χ4n) is 3.56. The molecule has 0 amide bonds. The van der Waals surface area contributed by atoms with E-state index >= 15 is 0 Å². The summed E-state index contributed by atoms with van der Waals surface area (Å²) in [6, 6.07) is 0. The molecular weight excluding hydrogens is 432 g/mol. The van der Waals surface area contributed by atoms with Gasteiger partial charge in [-0.15, -0.1) is 0 Å². The van der Waals surface area contributed by atoms with Gasteiger partial charge in [-0.25, -0.2) is 0 Å². The lowest BCUT2D eigenvalue weighted by molar-refractivity contribution is -0.238. The van der Waals surface area contributed by atoms with Gasteiger partial charge in [0.05, 0.1) is 13.2 Å². The second kappa shape index (κ2) is 12.0. The number of hydrogen-bond donors (Lipinski definition) is 0. The molecule has 1 aliphatic carbocycles. The van der Waals surface area contributed by atoms with Crippen molar-refractivity contribution in [3.63, 3.8) is 0 Å². The van der Waals surface area contributed by atoms with Crippen LogP contribution in [0.25, 0.3) is 0 Å². The molecule has 180 valence electrons. The molecule has 1 fully saturated rings. The van der Waals surface area contributed by atoms with E-state index in [9.17, 15) is 28.8 Å². The first-order valence-corrected chi connectivity index (χ1v) is 9.79. The molecule has 6 atom stereocenters. The molecule has 0 radical (unpaired) electrons. The Morgan fingerprint density at radius 1 is 0.438 bits per heavy atom. The van der Waals surface area contributed by atoms with E-state index in [1.54, 1.807) is 0 Å². The van der Waals surface area contributed by atoms with E-state index in [-0.39, 0.29) is 13.2 Å². The Bertz CT molecular complexity index is 683. The van der Waals surface area contributed by atoms with Gasteiger partial charge in [-0.05, 0) is 0 Å². The Balaban J connectivity index is 3.63. The van der Waals surface area contributed by atoms with E-state index in [1.165, 1.54) is 0 Å². The van der Waals surface area contributed by atoms with Crippen LogP contribution in [0, 0.1) is 11.8 Å². The minimum Gasteiger partial charge on any atom is -0.465 e. The highest BCUT2D eigenvalue weighted by Gasteiger charge is 2.57. The summed E-state index contributed by atoms with van der Waals surface area (Å²) < 4.78 is 31.5. The van der Waals surface area contributed by atoms with Crippen LogP contribution in [0.15, 0.2) is 0 Å². The summed E-state index contributed by atoms with van der Waals surface area (Å²) in [6.07, 6.45) is -5.38. The topological polar surface area (TPSA) is 158 Å². The van der Waals surface area contributed by atoms with Crippen molar-refractivity contribution in [1.29, 1.82) is 0 Å². The molecule has 0 aromatic rings. The number of esters is 6. The second-order valence-electron chi connectivity index (χ2n) is 7.23. The van der Waals surface area contributed by atoms with E-state index < -0.39 is 72.1 Å². The van der Waals surface area contributed by atoms with Crippen LogP contribution in [-0.4, -0.2) is 73.4 Å². The van der Waals surface area contributed by atoms with Crippen molar-refractivity contribution in [2.75, 3.05) is 13.2 Å². The van der Waals surface area contributed by atoms with Gasteiger partial charge in [0.2, 0.25) is 0 Å². The lowest BCUT2D eigenvalue weighted by Gasteiger charge is -2.48. The first-order chi connectivity index (χ1) is 14.8. The molecule has 0 aromatic carbocycles. The van der Waals surface area contributed by atoms with Crippen LogP contribution in [0.1, 0.15) is 41.5 Å². The summed E-state index contributed by atoms with van der Waals surface area (Å²) in [7, 11) is 0. The Morgan fingerprint density at radius 2 is 0.688 bits per heavy atom. The van der Waals surface area contributed by atoms with Crippen LogP contribution in [0.3, 0.4) is 0 Å². The molecule has 0 N–H and O–H groups in total. The first-order valence-electron chi connectivity index (χ1n) is 9.79. The molecule has 0 unspecified atom stereocenters. The Labute approximate surface area is 184 Å². The third kappa shape index (κ3) is 8.16. The monoisotopic (exact) mass is 460 g/mol. The molecular formula is C20H28O12. The summed E-state index contributed by atoms with van der Waals surface area (Å²) >= 11 is 0. The molecule has 0 aromatic heterocycles. The van der Waals surface area contributed by atoms with E-state index in [2.05, 4.69) is 0 Å². The van der Waals surface area contributed by atoms with Gasteiger partial charge < -0.3 is 28.4 Å². The third-order valence-electron chi connectivity index (χ3n) is 4.53. The van der Waals surface area contributed by atoms with Crippen molar-refractivity contribution < 1.29 is 57.2 Å². The number of carbonyl (C=O) groups excluding carboxylic acids is 6. The van der Waals surface area contributed by atoms with Crippen molar-refractivity contribution in [3.8, 4) is 0 Å². The van der Waals surface area contributed by atoms with Gasteiger partial charge in [-0.1, -0.05) is 0 Å². The fraction of sp³-hybridized carbons (Fsp3) is 0.700. The molecule has 0 aliphatic heterocycles. The van der Waals surface area contributed by atoms with Crippen LogP contribution < -0.4 is 0 Å². The van der Waals surface area contributed by atoms with Crippen LogP contribution in [0.4, 0.5) is 0 Å². The number of rotatable bonds is 8. The van der Waals surface area contributed by atoms with Gasteiger partial charge in [0.25, 0.3) is 0 Å². The van der Waals surface area contributed by atoms with Crippen molar-refractivity contribution in [2.24, 2.45) is 11.8 Å². The van der Waals surface area contributed by atoms with Crippen LogP contribution in [0.2, 0.25) is 0 Å². The maximum absolute atomic E-state index is 11.8. The lowest BCUT2D eigenvalue weighted by Crippen LogP contribution is -2.64. The Hall–Kier alpha value is -3.18. The molecule has 0 bridgehead atoms. The third-order valence-corrected chi connectivity index (χ3v) is 4.53. The lowest BCUT2D eigenvalue weighted by atomic mass is 9.72. The van der Waals surface area contributed by atoms with Crippen LogP contribution in [0.5, 0.6) is 0 Å². The molecule has 0 saturated heterocycles. The summed E-state index contributed by atoms with van der Waals surface area (Å²) in [5.41, 5.74) is 0. The fourth-order valence-corrected chi connectivity index (χ4v) is 3.56. The maximum atomic E-state index is 11.8. The highest BCUT2D eigenvalue weighted by Crippen LogP contribution is 2.39. The van der Waals surface area contributed by atoms with Gasteiger partial charge in [0, 0.05) is 53.4 Å². The van der Waals surface area contributed by atoms with E-state index in [4.69, 9.17) is 28.4 Å². The Morgan fingerprint density at radius 3 is 0.906 bits per heavy atom. The van der Waals surface area contributed by atoms with Crippen LogP contribution >= 0.6 is 0 Å². The summed E-state index contributed by atoms with van der Waals surface area (Å²) in [5.74, 6) is -6.35. The molecule has 32 heavy (non-hydrogen) atoms. The van der Waals surface area contributed by atoms with Gasteiger partial charge in [-0.2, -0.15) is 0 Å². The average molecular weight is 460 g/mol. The van der Waals surface area contributed by atoms with Gasteiger partial charge in [0.1, 0.15) is 12.2 Å². The largest absolute Gasteiger partial charge is 0.465 e. The molecule has 12 nitrogen and oxygen atoms in total. The maximum Gasteiger partial charge on any atom is 0.303 e. The first kappa shape index (κ1) is 26.9. The summed E-state index contributed by atoms with van der Waals surface area (Å²) in [4.78, 5) is 70.2. The van der Waals surface area contributed by atoms with Gasteiger partial charge in [-0.3, -0.25) is 28.8 Å². The van der Waals surface area contributed by atoms with Gasteiger partial charge >= 0.3 is 35.8 Å². The van der Waals surface area contributed by atoms with E-state index in [0.29, 0.717) is 0 Å². The summed E-state index contributed by atoms with van der Waals surface area (Å²) in [5, 5.41) is 0. The highest BCUT2D eigenvalue weighted by atomic mass is 16.6. The zero-order valence-corrected chi connectivity index (χ0v) is 18.8. The van der Waals surface area contributed by atoms with Crippen molar-refractivity contribution in [2.45, 2.75) is 66.0 Å². The van der Waals surface area contributed by atoms with Crippen molar-refractivity contribution in [1.82, 2.24) is 0 Å². The zero-order valence-electron chi connectivity index (χ0n) is 18.8. The highest BCUT2D eigenvalue weighted by molar-refractivity contribution is 5.69. The Kier molecular flexibility index (Phi) is 10.1. The molecule has 1 aliphatic rings. The number of hydrogen-bond acceptors (Lipinski definition) is 12. The standard InChI is InChI=1S/C20H28O12/c1-9(21)27-7-15-16(8-28-10(2)22)18(30-12(4)24)20(32-14(6)26)19(31-13(5)25)17(15)29-11(3)23/h15-20H,7-8H2,1-6H3/t15-,16+,17-,18-,19+,20-/m0/s1. The molecule has 12 heteroatoms. The van der Waals surface area contributed by atoms with Gasteiger partial charge in [0.15, 0.2) is 12.2 Å². The molecule has 0 heterocycles. The van der Waals surface area contributed by atoms with Crippen molar-refractivity contribution in [3.05, 3.63) is 0 Å². The minimum absolute atomic E-state index is 0.360. The quantitative estimate of drug-likeness (QED) is 0.355. The molecule has 0 spiro atoms. The SMILES string of the molecule is CC(=O)OC[C@@H]1[C@H](COC(C)=O)[C@H](OC(C)=O)[C@@H](OC(C)=O)[C@@H](OC(C)=O)[C@H]1OC(C)=O. The number of ether oxygens (including phenoxy) is 6. The predicted molar refractivity (Wildman–Crippen MR) is 102 cm³/mol. The molecule has 1 saturated carbocycles.